The molecule has 0 saturated heterocycles. The quantitative estimate of drug-likeness (QED) is 0.736. The summed E-state index contributed by atoms with van der Waals surface area (Å²) in [6.45, 7) is 5.66. The number of benzene rings is 1. The number of carbonyl (C=O) groups excluding carboxylic acids is 1. The van der Waals surface area contributed by atoms with Gasteiger partial charge in [0.15, 0.2) is 0 Å². The van der Waals surface area contributed by atoms with Crippen LogP contribution in [0, 0.1) is 12.8 Å². The zero-order valence-electron chi connectivity index (χ0n) is 13.5. The van der Waals surface area contributed by atoms with E-state index in [9.17, 15) is 4.79 Å². The van der Waals surface area contributed by atoms with Gasteiger partial charge < -0.3 is 9.88 Å². The molecule has 2 rings (SSSR count). The van der Waals surface area contributed by atoms with Crippen LogP contribution in [0.1, 0.15) is 19.2 Å². The van der Waals surface area contributed by atoms with Crippen molar-refractivity contribution in [3.8, 4) is 0 Å². The van der Waals surface area contributed by atoms with E-state index in [1.807, 2.05) is 37.4 Å². The average Bonchev–Trinajstić information content (AvgIpc) is 2.92. The molecule has 1 aromatic carbocycles. The van der Waals surface area contributed by atoms with Gasteiger partial charge in [-0.25, -0.2) is 4.98 Å². The highest BCUT2D eigenvalue weighted by atomic mass is 35.5. The van der Waals surface area contributed by atoms with Crippen molar-refractivity contribution in [2.75, 3.05) is 12.3 Å². The molecule has 1 atom stereocenters. The van der Waals surface area contributed by atoms with Gasteiger partial charge in [-0.15, -0.1) is 11.8 Å². The second-order valence-corrected chi connectivity index (χ2v) is 7.19. The molecule has 6 heteroatoms. The first kappa shape index (κ1) is 17.9. The average molecular weight is 352 g/mol. The molecule has 0 spiro atoms. The minimum atomic E-state index is 0.0978. The van der Waals surface area contributed by atoms with Crippen molar-refractivity contribution < 1.29 is 4.79 Å². The minimum Gasteiger partial charge on any atom is -0.356 e. The molecule has 4 nitrogen and oxygen atoms in total. The van der Waals surface area contributed by atoms with E-state index in [0.717, 1.165) is 28.0 Å². The second-order valence-electron chi connectivity index (χ2n) is 5.59. The van der Waals surface area contributed by atoms with Crippen LogP contribution in [0.25, 0.3) is 0 Å². The fraction of sp³-hybridized carbons (Fsp3) is 0.412. The van der Waals surface area contributed by atoms with E-state index in [1.54, 1.807) is 18.0 Å². The highest BCUT2D eigenvalue weighted by Crippen LogP contribution is 2.20. The number of thioether (sulfide) groups is 1. The molecule has 0 aliphatic carbocycles. The number of halogens is 1. The molecule has 1 amide bonds. The van der Waals surface area contributed by atoms with Crippen molar-refractivity contribution >= 4 is 29.3 Å². The number of nitrogens with zero attached hydrogens (tertiary/aromatic N) is 2. The largest absolute Gasteiger partial charge is 0.356 e. The number of hydrogen-bond donors (Lipinski definition) is 1. The smallest absolute Gasteiger partial charge is 0.220 e. The summed E-state index contributed by atoms with van der Waals surface area (Å²) in [5.74, 6) is 2.24. The monoisotopic (exact) mass is 351 g/mol. The number of rotatable bonds is 8. The summed E-state index contributed by atoms with van der Waals surface area (Å²) >= 11 is 7.51. The molecular weight excluding hydrogens is 330 g/mol. The summed E-state index contributed by atoms with van der Waals surface area (Å²) < 4.78 is 2.10. The first-order valence-electron chi connectivity index (χ1n) is 7.67. The topological polar surface area (TPSA) is 46.9 Å². The molecule has 0 aliphatic heterocycles. The number of imidazole rings is 1. The number of hydrogen-bond acceptors (Lipinski definition) is 3. The van der Waals surface area contributed by atoms with Crippen LogP contribution in [-0.4, -0.2) is 27.8 Å². The molecule has 2 aromatic rings. The molecule has 1 unspecified atom stereocenters. The fourth-order valence-electron chi connectivity index (χ4n) is 2.17. The lowest BCUT2D eigenvalue weighted by Gasteiger charge is -2.14. The SMILES string of the molecule is Cc1nccn1CC(C)CNC(=O)CCSc1ccc(Cl)cc1. The van der Waals surface area contributed by atoms with Gasteiger partial charge in [0.25, 0.3) is 0 Å². The minimum absolute atomic E-state index is 0.0978. The lowest BCUT2D eigenvalue weighted by Crippen LogP contribution is -2.30. The van der Waals surface area contributed by atoms with Gasteiger partial charge in [-0.05, 0) is 37.1 Å². The van der Waals surface area contributed by atoms with Crippen LogP contribution in [0.3, 0.4) is 0 Å². The lowest BCUT2D eigenvalue weighted by molar-refractivity contribution is -0.120. The Kier molecular flexibility index (Phi) is 6.99. The molecule has 0 bridgehead atoms. The fourth-order valence-corrected chi connectivity index (χ4v) is 3.14. The molecule has 0 fully saturated rings. The van der Waals surface area contributed by atoms with E-state index in [-0.39, 0.29) is 5.91 Å². The van der Waals surface area contributed by atoms with Gasteiger partial charge in [-0.2, -0.15) is 0 Å². The summed E-state index contributed by atoms with van der Waals surface area (Å²) in [6, 6.07) is 7.67. The summed E-state index contributed by atoms with van der Waals surface area (Å²) in [6.07, 6.45) is 4.29. The number of nitrogens with one attached hydrogen (secondary N) is 1. The summed E-state index contributed by atoms with van der Waals surface area (Å²) in [5, 5.41) is 3.73. The molecule has 124 valence electrons. The van der Waals surface area contributed by atoms with E-state index in [1.165, 1.54) is 0 Å². The molecule has 1 N–H and O–H groups in total. The van der Waals surface area contributed by atoms with Crippen molar-refractivity contribution in [3.05, 3.63) is 47.5 Å². The van der Waals surface area contributed by atoms with E-state index in [4.69, 9.17) is 11.6 Å². The first-order valence-corrected chi connectivity index (χ1v) is 9.03. The Labute approximate surface area is 146 Å². The molecular formula is C17H22ClN3OS. The molecule has 23 heavy (non-hydrogen) atoms. The standard InChI is InChI=1S/C17H22ClN3OS/c1-13(12-21-9-8-19-14(21)2)11-20-17(22)7-10-23-16-5-3-15(18)4-6-16/h3-6,8-9,13H,7,10-12H2,1-2H3,(H,20,22). The summed E-state index contributed by atoms with van der Waals surface area (Å²) in [5.41, 5.74) is 0. The van der Waals surface area contributed by atoms with Gasteiger partial charge in [0.2, 0.25) is 5.91 Å². The van der Waals surface area contributed by atoms with E-state index < -0.39 is 0 Å². The van der Waals surface area contributed by atoms with E-state index >= 15 is 0 Å². The lowest BCUT2D eigenvalue weighted by atomic mass is 10.2. The Morgan fingerprint density at radius 3 is 2.78 bits per heavy atom. The van der Waals surface area contributed by atoms with Crippen LogP contribution < -0.4 is 5.32 Å². The molecule has 0 aliphatic rings. The molecule has 0 saturated carbocycles. The molecule has 0 radical (unpaired) electrons. The maximum Gasteiger partial charge on any atom is 0.220 e. The zero-order valence-corrected chi connectivity index (χ0v) is 15.0. The highest BCUT2D eigenvalue weighted by molar-refractivity contribution is 7.99. The molecule has 1 heterocycles. The normalized spacial score (nSPS) is 12.1. The van der Waals surface area contributed by atoms with Crippen LogP contribution in [-0.2, 0) is 11.3 Å². The third-order valence-corrected chi connectivity index (χ3v) is 4.76. The third-order valence-electron chi connectivity index (χ3n) is 3.49. The maximum absolute atomic E-state index is 11.9. The van der Waals surface area contributed by atoms with Crippen LogP contribution >= 0.6 is 23.4 Å². The van der Waals surface area contributed by atoms with Crippen molar-refractivity contribution in [3.63, 3.8) is 0 Å². The van der Waals surface area contributed by atoms with E-state index in [2.05, 4.69) is 21.8 Å². The molecule has 1 aromatic heterocycles. The van der Waals surface area contributed by atoms with Crippen molar-refractivity contribution in [1.82, 2.24) is 14.9 Å². The second kappa shape index (κ2) is 8.99. The number of carbonyl (C=O) groups is 1. The van der Waals surface area contributed by atoms with Crippen LogP contribution in [0.5, 0.6) is 0 Å². The predicted octanol–water partition coefficient (Wildman–Crippen LogP) is 3.78. The van der Waals surface area contributed by atoms with Gasteiger partial charge in [0.05, 0.1) is 0 Å². The predicted molar refractivity (Wildman–Crippen MR) is 95.9 cm³/mol. The maximum atomic E-state index is 11.9. The van der Waals surface area contributed by atoms with Crippen LogP contribution in [0.4, 0.5) is 0 Å². The Morgan fingerprint density at radius 2 is 2.13 bits per heavy atom. The van der Waals surface area contributed by atoms with Gasteiger partial charge in [0, 0.05) is 47.6 Å². The number of amides is 1. The van der Waals surface area contributed by atoms with Crippen molar-refractivity contribution in [1.29, 1.82) is 0 Å². The van der Waals surface area contributed by atoms with Crippen LogP contribution in [0.2, 0.25) is 5.02 Å². The Morgan fingerprint density at radius 1 is 1.39 bits per heavy atom. The highest BCUT2D eigenvalue weighted by Gasteiger charge is 2.08. The first-order chi connectivity index (χ1) is 11.0. The van der Waals surface area contributed by atoms with Gasteiger partial charge in [-0.1, -0.05) is 18.5 Å². The van der Waals surface area contributed by atoms with Crippen LogP contribution in [0.15, 0.2) is 41.6 Å². The Hall–Kier alpha value is -1.46. The zero-order chi connectivity index (χ0) is 16.7. The van der Waals surface area contributed by atoms with Gasteiger partial charge in [-0.3, -0.25) is 4.79 Å². The summed E-state index contributed by atoms with van der Waals surface area (Å²) in [4.78, 5) is 17.2. The van der Waals surface area contributed by atoms with Crippen molar-refractivity contribution in [2.24, 2.45) is 5.92 Å². The van der Waals surface area contributed by atoms with Gasteiger partial charge >= 0.3 is 0 Å². The van der Waals surface area contributed by atoms with E-state index in [0.29, 0.717) is 18.9 Å². The Balaban J connectivity index is 1.63. The van der Waals surface area contributed by atoms with Crippen molar-refractivity contribution in [2.45, 2.75) is 31.7 Å². The number of aryl methyl sites for hydroxylation is 1. The Bertz CT molecular complexity index is 627. The third kappa shape index (κ3) is 6.28. The van der Waals surface area contributed by atoms with Gasteiger partial charge in [0.1, 0.15) is 5.82 Å². The number of aromatic nitrogens is 2. The summed E-state index contributed by atoms with van der Waals surface area (Å²) in [7, 11) is 0.